The number of halogens is 1. The molecule has 0 aliphatic carbocycles. The third kappa shape index (κ3) is 3.46. The van der Waals surface area contributed by atoms with Crippen LogP contribution in [0.4, 0.5) is 4.39 Å². The highest BCUT2D eigenvalue weighted by Gasteiger charge is 2.14. The number of ether oxygens (including phenoxy) is 1. The van der Waals surface area contributed by atoms with Crippen LogP contribution in [0.5, 0.6) is 5.75 Å². The molecule has 2 heterocycles. The van der Waals surface area contributed by atoms with Crippen molar-refractivity contribution >= 4 is 12.1 Å². The first-order valence-corrected chi connectivity index (χ1v) is 7.63. The van der Waals surface area contributed by atoms with Crippen molar-refractivity contribution in [2.75, 3.05) is 7.11 Å². The van der Waals surface area contributed by atoms with Crippen LogP contribution in [0.25, 0.3) is 11.3 Å². The van der Waals surface area contributed by atoms with Crippen LogP contribution in [0.15, 0.2) is 40.0 Å². The second kappa shape index (κ2) is 7.18. The van der Waals surface area contributed by atoms with E-state index >= 15 is 0 Å². The lowest BCUT2D eigenvalue weighted by Crippen LogP contribution is -2.18. The molecule has 0 fully saturated rings. The Morgan fingerprint density at radius 1 is 1.38 bits per heavy atom. The van der Waals surface area contributed by atoms with Gasteiger partial charge in [0.25, 0.3) is 5.91 Å². The number of methoxy groups -OCH3 is 1. The van der Waals surface area contributed by atoms with Crippen LogP contribution in [-0.2, 0) is 7.05 Å². The lowest BCUT2D eigenvalue weighted by Gasteiger charge is -1.99. The van der Waals surface area contributed by atoms with Gasteiger partial charge < -0.3 is 9.26 Å². The number of aryl methyl sites for hydroxylation is 2. The van der Waals surface area contributed by atoms with E-state index in [4.69, 9.17) is 9.26 Å². The molecular weight excluding hydrogens is 341 g/mol. The Hall–Kier alpha value is -3.49. The van der Waals surface area contributed by atoms with Gasteiger partial charge in [0, 0.05) is 18.7 Å². The molecule has 0 bridgehead atoms. The molecule has 134 valence electrons. The summed E-state index contributed by atoms with van der Waals surface area (Å²) >= 11 is 0. The first kappa shape index (κ1) is 17.3. The van der Waals surface area contributed by atoms with Gasteiger partial charge in [0.2, 0.25) is 5.95 Å². The molecule has 3 aromatic rings. The van der Waals surface area contributed by atoms with Crippen molar-refractivity contribution in [3.8, 4) is 17.1 Å². The van der Waals surface area contributed by atoms with Crippen LogP contribution in [0, 0.1) is 12.9 Å². The Morgan fingerprint density at radius 3 is 2.73 bits per heavy atom. The maximum atomic E-state index is 13.8. The van der Waals surface area contributed by atoms with E-state index in [9.17, 15) is 9.18 Å². The van der Waals surface area contributed by atoms with E-state index in [2.05, 4.69) is 20.8 Å². The van der Waals surface area contributed by atoms with E-state index in [0.29, 0.717) is 17.2 Å². The molecule has 3 rings (SSSR count). The number of nitrogens with zero attached hydrogens (tertiary/aromatic N) is 4. The Labute approximate surface area is 148 Å². The number of hydrogen-bond donors (Lipinski definition) is 1. The molecule has 0 saturated carbocycles. The zero-order valence-electron chi connectivity index (χ0n) is 14.4. The predicted molar refractivity (Wildman–Crippen MR) is 91.5 cm³/mol. The third-order valence-electron chi connectivity index (χ3n) is 3.67. The average Bonchev–Trinajstić information content (AvgIpc) is 3.22. The predicted octanol–water partition coefficient (Wildman–Crippen LogP) is 2.30. The molecule has 2 aromatic heterocycles. The summed E-state index contributed by atoms with van der Waals surface area (Å²) < 4.78 is 25.1. The quantitative estimate of drug-likeness (QED) is 0.558. The van der Waals surface area contributed by atoms with Gasteiger partial charge in [-0.15, -0.1) is 0 Å². The highest BCUT2D eigenvalue weighted by atomic mass is 19.1. The number of rotatable bonds is 5. The Balaban J connectivity index is 1.69. The Morgan fingerprint density at radius 2 is 2.12 bits per heavy atom. The van der Waals surface area contributed by atoms with Gasteiger partial charge in [-0.3, -0.25) is 4.79 Å². The van der Waals surface area contributed by atoms with Crippen molar-refractivity contribution in [1.82, 2.24) is 20.4 Å². The minimum absolute atomic E-state index is 0.0522. The van der Waals surface area contributed by atoms with Gasteiger partial charge >= 0.3 is 0 Å². The first-order valence-electron chi connectivity index (χ1n) is 7.63. The molecule has 1 amide bonds. The second-order valence-electron chi connectivity index (χ2n) is 5.42. The lowest BCUT2D eigenvalue weighted by molar-refractivity contribution is 0.0946. The number of hydrazone groups is 1. The molecule has 0 saturated heterocycles. The van der Waals surface area contributed by atoms with Crippen molar-refractivity contribution in [1.29, 1.82) is 0 Å². The Bertz CT molecular complexity index is 959. The average molecular weight is 357 g/mol. The summed E-state index contributed by atoms with van der Waals surface area (Å²) in [6.45, 7) is 1.64. The van der Waals surface area contributed by atoms with Gasteiger partial charge in [0.1, 0.15) is 5.75 Å². The van der Waals surface area contributed by atoms with Crippen molar-refractivity contribution in [2.45, 2.75) is 6.92 Å². The fourth-order valence-electron chi connectivity index (χ4n) is 2.28. The summed E-state index contributed by atoms with van der Waals surface area (Å²) in [5.41, 5.74) is 3.74. The van der Waals surface area contributed by atoms with E-state index in [-0.39, 0.29) is 11.3 Å². The Kier molecular flexibility index (Phi) is 4.78. The molecule has 0 spiro atoms. The zero-order chi connectivity index (χ0) is 18.7. The number of amides is 1. The number of benzene rings is 1. The lowest BCUT2D eigenvalue weighted by atomic mass is 10.1. The normalized spacial score (nSPS) is 11.1. The molecule has 0 aliphatic heterocycles. The van der Waals surface area contributed by atoms with Crippen molar-refractivity contribution in [3.63, 3.8) is 0 Å². The van der Waals surface area contributed by atoms with Crippen LogP contribution < -0.4 is 10.2 Å². The summed E-state index contributed by atoms with van der Waals surface area (Å²) in [4.78, 5) is 12.1. The minimum atomic E-state index is -0.577. The SMILES string of the molecule is COc1ccc(-c2cc(C(=O)NN=Cc3c(C)nn(C)c3F)no2)cc1. The van der Waals surface area contributed by atoms with E-state index in [1.165, 1.54) is 19.3 Å². The zero-order valence-corrected chi connectivity index (χ0v) is 14.4. The van der Waals surface area contributed by atoms with E-state index in [1.54, 1.807) is 38.3 Å². The number of carbonyl (C=O) groups excluding carboxylic acids is 1. The fraction of sp³-hybridized carbons (Fsp3) is 0.176. The highest BCUT2D eigenvalue weighted by molar-refractivity contribution is 5.94. The number of hydrogen-bond acceptors (Lipinski definition) is 6. The van der Waals surface area contributed by atoms with Crippen LogP contribution in [0.1, 0.15) is 21.7 Å². The summed E-state index contributed by atoms with van der Waals surface area (Å²) in [5.74, 6) is 0.0184. The molecule has 8 nitrogen and oxygen atoms in total. The maximum Gasteiger partial charge on any atom is 0.293 e. The monoisotopic (exact) mass is 357 g/mol. The van der Waals surface area contributed by atoms with Crippen LogP contribution in [0.3, 0.4) is 0 Å². The third-order valence-corrected chi connectivity index (χ3v) is 3.67. The maximum absolute atomic E-state index is 13.8. The standard InChI is InChI=1S/C17H16FN5O3/c1-10-13(16(18)23(2)21-10)9-19-20-17(24)14-8-15(26-22-14)11-4-6-12(25-3)7-5-11/h4-9H,1-3H3,(H,20,24). The molecule has 0 atom stereocenters. The van der Waals surface area contributed by atoms with E-state index in [1.807, 2.05) is 0 Å². The fourth-order valence-corrected chi connectivity index (χ4v) is 2.28. The highest BCUT2D eigenvalue weighted by Crippen LogP contribution is 2.23. The number of carbonyl (C=O) groups is 1. The van der Waals surface area contributed by atoms with Gasteiger partial charge in [-0.05, 0) is 31.2 Å². The second-order valence-corrected chi connectivity index (χ2v) is 5.42. The van der Waals surface area contributed by atoms with Crippen molar-refractivity contribution in [2.24, 2.45) is 12.1 Å². The van der Waals surface area contributed by atoms with Gasteiger partial charge in [0.05, 0.1) is 24.6 Å². The van der Waals surface area contributed by atoms with Crippen LogP contribution >= 0.6 is 0 Å². The van der Waals surface area contributed by atoms with E-state index in [0.717, 1.165) is 10.2 Å². The molecule has 9 heteroatoms. The van der Waals surface area contributed by atoms with Gasteiger partial charge in [-0.1, -0.05) is 5.16 Å². The molecule has 0 unspecified atom stereocenters. The smallest absolute Gasteiger partial charge is 0.293 e. The van der Waals surface area contributed by atoms with Crippen molar-refractivity contribution < 1.29 is 18.4 Å². The van der Waals surface area contributed by atoms with Gasteiger partial charge in [-0.2, -0.15) is 14.6 Å². The largest absolute Gasteiger partial charge is 0.497 e. The topological polar surface area (TPSA) is 94.5 Å². The first-order chi connectivity index (χ1) is 12.5. The molecule has 1 N–H and O–H groups in total. The minimum Gasteiger partial charge on any atom is -0.497 e. The van der Waals surface area contributed by atoms with Crippen LogP contribution in [0.2, 0.25) is 0 Å². The summed E-state index contributed by atoms with van der Waals surface area (Å²) in [5, 5.41) is 11.4. The molecular formula is C17H16FN5O3. The van der Waals surface area contributed by atoms with Crippen LogP contribution in [-0.4, -0.2) is 34.2 Å². The number of aromatic nitrogens is 3. The van der Waals surface area contributed by atoms with Gasteiger partial charge in [0.15, 0.2) is 11.5 Å². The molecule has 26 heavy (non-hydrogen) atoms. The van der Waals surface area contributed by atoms with Crippen molar-refractivity contribution in [3.05, 3.63) is 53.2 Å². The van der Waals surface area contributed by atoms with E-state index < -0.39 is 11.9 Å². The molecule has 0 radical (unpaired) electrons. The molecule has 1 aromatic carbocycles. The molecule has 0 aliphatic rings. The summed E-state index contributed by atoms with van der Waals surface area (Å²) in [6, 6.07) is 8.60. The number of nitrogens with one attached hydrogen (secondary N) is 1. The summed E-state index contributed by atoms with van der Waals surface area (Å²) in [6.07, 6.45) is 1.19. The van der Waals surface area contributed by atoms with Gasteiger partial charge in [-0.25, -0.2) is 10.1 Å². The summed E-state index contributed by atoms with van der Waals surface area (Å²) in [7, 11) is 3.06.